The van der Waals surface area contributed by atoms with Gasteiger partial charge in [0.15, 0.2) is 11.6 Å². The Labute approximate surface area is 201 Å². The zero-order valence-electron chi connectivity index (χ0n) is 18.5. The number of anilines is 3. The summed E-state index contributed by atoms with van der Waals surface area (Å²) < 4.78 is 5.39. The van der Waals surface area contributed by atoms with E-state index in [1.165, 1.54) is 5.56 Å². The molecule has 2 fully saturated rings. The summed E-state index contributed by atoms with van der Waals surface area (Å²) in [6, 6.07) is 12.1. The molecule has 34 heavy (non-hydrogen) atoms. The van der Waals surface area contributed by atoms with Crippen molar-refractivity contribution in [2.24, 2.45) is 0 Å². The van der Waals surface area contributed by atoms with Crippen LogP contribution in [0.5, 0.6) is 5.75 Å². The molecule has 2 aliphatic rings. The molecule has 0 aliphatic heterocycles. The van der Waals surface area contributed by atoms with Gasteiger partial charge in [-0.1, -0.05) is 17.7 Å². The fraction of sp³-hybridized carbons (Fsp3) is 0.280. The number of amides is 1. The number of fused-ring (bicyclic) bond motifs is 1. The normalized spacial score (nSPS) is 19.1. The molecule has 4 aromatic rings. The number of rotatable bonds is 8. The van der Waals surface area contributed by atoms with E-state index in [1.807, 2.05) is 18.2 Å². The number of hydrogen-bond acceptors (Lipinski definition) is 6. The van der Waals surface area contributed by atoms with Crippen LogP contribution in [0.4, 0.5) is 17.3 Å². The molecule has 0 spiro atoms. The Morgan fingerprint density at radius 2 is 2.03 bits per heavy atom. The van der Waals surface area contributed by atoms with Crippen LogP contribution in [0, 0.1) is 0 Å². The minimum Gasteiger partial charge on any atom is -0.497 e. The largest absolute Gasteiger partial charge is 0.497 e. The Kier molecular flexibility index (Phi) is 5.10. The summed E-state index contributed by atoms with van der Waals surface area (Å²) in [6.45, 7) is 0. The third-order valence-electron chi connectivity index (χ3n) is 6.62. The molecule has 2 aromatic carbocycles. The zero-order valence-corrected chi connectivity index (χ0v) is 19.3. The van der Waals surface area contributed by atoms with Gasteiger partial charge in [0.25, 0.3) is 0 Å². The average Bonchev–Trinajstić information content (AvgIpc) is 3.78. The first-order chi connectivity index (χ1) is 16.6. The van der Waals surface area contributed by atoms with Crippen LogP contribution in [-0.2, 0) is 4.79 Å². The first kappa shape index (κ1) is 20.9. The molecule has 0 bridgehead atoms. The molecule has 2 heterocycles. The molecule has 8 nitrogen and oxygen atoms in total. The van der Waals surface area contributed by atoms with Crippen LogP contribution >= 0.6 is 11.6 Å². The zero-order chi connectivity index (χ0) is 23.2. The quantitative estimate of drug-likeness (QED) is 0.292. The highest BCUT2D eigenvalue weighted by Gasteiger charge is 2.41. The number of H-pyrrole nitrogens is 1. The lowest BCUT2D eigenvalue weighted by Crippen LogP contribution is -2.00. The van der Waals surface area contributed by atoms with E-state index in [4.69, 9.17) is 16.3 Å². The van der Waals surface area contributed by atoms with Gasteiger partial charge in [-0.15, -0.1) is 0 Å². The maximum absolute atomic E-state index is 11.1. The van der Waals surface area contributed by atoms with Gasteiger partial charge in [-0.2, -0.15) is 5.10 Å². The van der Waals surface area contributed by atoms with Crippen LogP contribution in [0.2, 0.25) is 5.02 Å². The van der Waals surface area contributed by atoms with Gasteiger partial charge in [0.05, 0.1) is 18.8 Å². The minimum atomic E-state index is 0.316. The monoisotopic (exact) mass is 474 g/mol. The third-order valence-corrected chi connectivity index (χ3v) is 6.90. The van der Waals surface area contributed by atoms with E-state index in [9.17, 15) is 4.79 Å². The number of benzene rings is 2. The van der Waals surface area contributed by atoms with Crippen molar-refractivity contribution in [3.05, 3.63) is 64.6 Å². The SMILES string of the molecule is COc1ccc(NC=O)c(C2CC2c2ccc3c(Nc4nc(C5CC5)ncc4Cl)n[nH]c3c2)c1. The van der Waals surface area contributed by atoms with Crippen molar-refractivity contribution in [2.75, 3.05) is 17.7 Å². The van der Waals surface area contributed by atoms with Crippen LogP contribution < -0.4 is 15.4 Å². The highest BCUT2D eigenvalue weighted by Crippen LogP contribution is 2.57. The molecule has 6 rings (SSSR count). The first-order valence-electron chi connectivity index (χ1n) is 11.3. The molecule has 172 valence electrons. The lowest BCUT2D eigenvalue weighted by Gasteiger charge is -2.11. The highest BCUT2D eigenvalue weighted by molar-refractivity contribution is 6.32. The predicted octanol–water partition coefficient (Wildman–Crippen LogP) is 5.48. The number of methoxy groups -OCH3 is 1. The van der Waals surface area contributed by atoms with E-state index in [0.717, 1.165) is 53.0 Å². The summed E-state index contributed by atoms with van der Waals surface area (Å²) in [7, 11) is 1.65. The van der Waals surface area contributed by atoms with E-state index in [0.29, 0.717) is 40.8 Å². The van der Waals surface area contributed by atoms with Crippen LogP contribution in [0.15, 0.2) is 42.6 Å². The van der Waals surface area contributed by atoms with Crippen LogP contribution in [0.1, 0.15) is 54.0 Å². The molecule has 2 aliphatic carbocycles. The summed E-state index contributed by atoms with van der Waals surface area (Å²) in [5.74, 6) is 3.99. The van der Waals surface area contributed by atoms with Crippen molar-refractivity contribution in [3.8, 4) is 5.75 Å². The Morgan fingerprint density at radius 1 is 1.15 bits per heavy atom. The molecule has 2 atom stereocenters. The van der Waals surface area contributed by atoms with Gasteiger partial charge in [0.2, 0.25) is 6.41 Å². The number of aromatic nitrogens is 4. The minimum absolute atomic E-state index is 0.316. The Balaban J connectivity index is 1.25. The van der Waals surface area contributed by atoms with Gasteiger partial charge in [-0.3, -0.25) is 9.89 Å². The lowest BCUT2D eigenvalue weighted by molar-refractivity contribution is -0.105. The number of nitrogens with zero attached hydrogens (tertiary/aromatic N) is 3. The van der Waals surface area contributed by atoms with Gasteiger partial charge < -0.3 is 15.4 Å². The van der Waals surface area contributed by atoms with Crippen molar-refractivity contribution < 1.29 is 9.53 Å². The summed E-state index contributed by atoms with van der Waals surface area (Å²) in [5, 5.41) is 15.1. The van der Waals surface area contributed by atoms with Crippen molar-refractivity contribution in [3.63, 3.8) is 0 Å². The predicted molar refractivity (Wildman–Crippen MR) is 131 cm³/mol. The molecule has 9 heteroatoms. The van der Waals surface area contributed by atoms with E-state index in [-0.39, 0.29) is 0 Å². The first-order valence-corrected chi connectivity index (χ1v) is 11.7. The molecule has 2 aromatic heterocycles. The number of carbonyl (C=O) groups is 1. The number of nitrogens with one attached hydrogen (secondary N) is 3. The second-order valence-electron chi connectivity index (χ2n) is 8.87. The Morgan fingerprint density at radius 3 is 2.82 bits per heavy atom. The van der Waals surface area contributed by atoms with E-state index in [1.54, 1.807) is 13.3 Å². The standard InChI is InChI=1S/C25H23ClN6O2/c1-34-15-5-7-21(28-12-33)19(9-15)18-10-17(18)14-4-6-16-22(8-14)31-32-24(16)30-25-20(26)11-27-23(29-25)13-2-3-13/h4-9,11-13,17-18H,2-3,10H2,1H3,(H,28,33)(H2,27,29,30,31,32). The number of aromatic amines is 1. The van der Waals surface area contributed by atoms with Gasteiger partial charge >= 0.3 is 0 Å². The molecule has 2 saturated carbocycles. The summed E-state index contributed by atoms with van der Waals surface area (Å²) in [5.41, 5.74) is 4.08. The van der Waals surface area contributed by atoms with Crippen molar-refractivity contribution in [1.82, 2.24) is 20.2 Å². The van der Waals surface area contributed by atoms with Crippen molar-refractivity contribution in [2.45, 2.75) is 37.0 Å². The number of ether oxygens (including phenoxy) is 1. The van der Waals surface area contributed by atoms with Crippen molar-refractivity contribution in [1.29, 1.82) is 0 Å². The molecule has 1 amide bonds. The summed E-state index contributed by atoms with van der Waals surface area (Å²) >= 11 is 6.33. The van der Waals surface area contributed by atoms with Gasteiger partial charge in [-0.05, 0) is 72.6 Å². The average molecular weight is 475 g/mol. The molecule has 0 radical (unpaired) electrons. The highest BCUT2D eigenvalue weighted by atomic mass is 35.5. The smallest absolute Gasteiger partial charge is 0.211 e. The van der Waals surface area contributed by atoms with Gasteiger partial charge in [-0.25, -0.2) is 9.97 Å². The fourth-order valence-corrected chi connectivity index (χ4v) is 4.70. The molecular formula is C25H23ClN6O2. The Hall–Kier alpha value is -3.65. The Bertz CT molecular complexity index is 1400. The summed E-state index contributed by atoms with van der Waals surface area (Å²) in [4.78, 5) is 20.0. The number of carbonyl (C=O) groups excluding carboxylic acids is 1. The molecular weight excluding hydrogens is 452 g/mol. The maximum Gasteiger partial charge on any atom is 0.211 e. The number of hydrogen-bond donors (Lipinski definition) is 3. The molecule has 0 saturated heterocycles. The fourth-order valence-electron chi connectivity index (χ4n) is 4.56. The topological polar surface area (TPSA) is 105 Å². The van der Waals surface area contributed by atoms with E-state index >= 15 is 0 Å². The second-order valence-corrected chi connectivity index (χ2v) is 9.27. The van der Waals surface area contributed by atoms with Crippen LogP contribution in [0.3, 0.4) is 0 Å². The van der Waals surface area contributed by atoms with Crippen molar-refractivity contribution >= 4 is 46.2 Å². The van der Waals surface area contributed by atoms with E-state index < -0.39 is 0 Å². The molecule has 3 N–H and O–H groups in total. The van der Waals surface area contributed by atoms with Crippen LogP contribution in [0.25, 0.3) is 10.9 Å². The lowest BCUT2D eigenvalue weighted by atomic mass is 10.0. The number of halogens is 1. The summed E-state index contributed by atoms with van der Waals surface area (Å²) in [6.07, 6.45) is 5.62. The van der Waals surface area contributed by atoms with Gasteiger partial charge in [0.1, 0.15) is 16.6 Å². The second kappa shape index (κ2) is 8.29. The van der Waals surface area contributed by atoms with Crippen LogP contribution in [-0.4, -0.2) is 33.7 Å². The third kappa shape index (κ3) is 3.84. The molecule has 2 unspecified atom stereocenters. The maximum atomic E-state index is 11.1. The van der Waals surface area contributed by atoms with E-state index in [2.05, 4.69) is 49.0 Å². The van der Waals surface area contributed by atoms with Gasteiger partial charge in [0, 0.05) is 17.0 Å².